The molecule has 0 aromatic rings. The number of nitrogens with one attached hydrogen (secondary N) is 1. The van der Waals surface area contributed by atoms with Crippen LogP contribution in [-0.4, -0.2) is 32.3 Å². The van der Waals surface area contributed by atoms with Gasteiger partial charge in [0.05, 0.1) is 13.2 Å². The lowest BCUT2D eigenvalue weighted by molar-refractivity contribution is -0.134. The van der Waals surface area contributed by atoms with Crippen molar-refractivity contribution < 1.29 is 14.3 Å². The Morgan fingerprint density at radius 3 is 3.23 bits per heavy atom. The van der Waals surface area contributed by atoms with Gasteiger partial charge in [-0.2, -0.15) is 0 Å². The molecule has 1 aliphatic rings. The van der Waals surface area contributed by atoms with E-state index in [1.54, 1.807) is 6.20 Å². The molecule has 0 bridgehead atoms. The molecule has 0 aromatic heterocycles. The van der Waals surface area contributed by atoms with Crippen LogP contribution in [0.2, 0.25) is 0 Å². The lowest BCUT2D eigenvalue weighted by Crippen LogP contribution is -2.22. The van der Waals surface area contributed by atoms with Gasteiger partial charge in [0, 0.05) is 25.4 Å². The highest BCUT2D eigenvalue weighted by atomic mass is 16.5. The predicted octanol–water partition coefficient (Wildman–Crippen LogP) is 0.442. The van der Waals surface area contributed by atoms with Crippen LogP contribution in [-0.2, 0) is 14.3 Å². The summed E-state index contributed by atoms with van der Waals surface area (Å²) in [6.07, 6.45) is 5.47. The van der Waals surface area contributed by atoms with Crippen molar-refractivity contribution in [3.05, 3.63) is 12.3 Å². The third-order valence-electron chi connectivity index (χ3n) is 1.91. The maximum atomic E-state index is 10.6. The minimum atomic E-state index is -0.347. The number of carbonyl (C=O) groups excluding carboxylic acids is 1. The van der Waals surface area contributed by atoms with Gasteiger partial charge >= 0.3 is 5.97 Å². The summed E-state index contributed by atoms with van der Waals surface area (Å²) >= 11 is 0. The highest BCUT2D eigenvalue weighted by Crippen LogP contribution is 2.10. The smallest absolute Gasteiger partial charge is 0.331 e. The fourth-order valence-corrected chi connectivity index (χ4v) is 1.20. The van der Waals surface area contributed by atoms with E-state index in [1.807, 2.05) is 0 Å². The molecular formula is C9H15NO3. The first kappa shape index (κ1) is 10.1. The van der Waals surface area contributed by atoms with Gasteiger partial charge in [0.2, 0.25) is 0 Å². The quantitative estimate of drug-likeness (QED) is 0.510. The first-order chi connectivity index (χ1) is 6.33. The van der Waals surface area contributed by atoms with Crippen LogP contribution in [0.1, 0.15) is 12.8 Å². The summed E-state index contributed by atoms with van der Waals surface area (Å²) in [5, 5.41) is 2.99. The van der Waals surface area contributed by atoms with E-state index in [1.165, 1.54) is 13.2 Å². The van der Waals surface area contributed by atoms with Crippen molar-refractivity contribution in [2.45, 2.75) is 18.9 Å². The topological polar surface area (TPSA) is 47.6 Å². The van der Waals surface area contributed by atoms with Gasteiger partial charge in [0.15, 0.2) is 0 Å². The fourth-order valence-electron chi connectivity index (χ4n) is 1.20. The standard InChI is InChI=1S/C9H15NO3/c1-12-9(11)4-5-10-7-8-3-2-6-13-8/h4-5,8,10H,2-3,6-7H2,1H3/b5-4+. The number of hydrogen-bond donors (Lipinski definition) is 1. The summed E-state index contributed by atoms with van der Waals surface area (Å²) < 4.78 is 9.80. The number of methoxy groups -OCH3 is 1. The number of hydrogen-bond acceptors (Lipinski definition) is 4. The van der Waals surface area contributed by atoms with Gasteiger partial charge in [-0.3, -0.25) is 0 Å². The SMILES string of the molecule is COC(=O)/C=C/NCC1CCCO1. The molecule has 1 N–H and O–H groups in total. The van der Waals surface area contributed by atoms with Crippen LogP contribution in [0.5, 0.6) is 0 Å². The third kappa shape index (κ3) is 3.94. The molecule has 4 heteroatoms. The molecule has 0 spiro atoms. The zero-order valence-electron chi connectivity index (χ0n) is 7.79. The molecule has 1 fully saturated rings. The van der Waals surface area contributed by atoms with Gasteiger partial charge in [-0.25, -0.2) is 4.79 Å². The van der Waals surface area contributed by atoms with Gasteiger partial charge in [-0.1, -0.05) is 0 Å². The Balaban J connectivity index is 2.05. The number of ether oxygens (including phenoxy) is 2. The van der Waals surface area contributed by atoms with Crippen molar-refractivity contribution in [2.24, 2.45) is 0 Å². The molecule has 0 radical (unpaired) electrons. The third-order valence-corrected chi connectivity index (χ3v) is 1.91. The van der Waals surface area contributed by atoms with E-state index in [4.69, 9.17) is 4.74 Å². The molecule has 1 aliphatic heterocycles. The van der Waals surface area contributed by atoms with E-state index in [0.29, 0.717) is 6.10 Å². The molecule has 1 atom stereocenters. The molecule has 0 aromatic carbocycles. The van der Waals surface area contributed by atoms with Crippen LogP contribution in [0.15, 0.2) is 12.3 Å². The lowest BCUT2D eigenvalue weighted by atomic mass is 10.2. The van der Waals surface area contributed by atoms with Gasteiger partial charge in [-0.15, -0.1) is 0 Å². The lowest BCUT2D eigenvalue weighted by Gasteiger charge is -2.07. The number of carbonyl (C=O) groups is 1. The van der Waals surface area contributed by atoms with Crippen LogP contribution in [0, 0.1) is 0 Å². The first-order valence-electron chi connectivity index (χ1n) is 4.42. The first-order valence-corrected chi connectivity index (χ1v) is 4.42. The average molecular weight is 185 g/mol. The molecule has 1 unspecified atom stereocenters. The Hall–Kier alpha value is -1.03. The molecule has 0 saturated carbocycles. The molecule has 1 heterocycles. The van der Waals surface area contributed by atoms with Crippen LogP contribution < -0.4 is 5.32 Å². The highest BCUT2D eigenvalue weighted by molar-refractivity contribution is 5.81. The molecular weight excluding hydrogens is 170 g/mol. The minimum Gasteiger partial charge on any atom is -0.466 e. The summed E-state index contributed by atoms with van der Waals surface area (Å²) in [6.45, 7) is 1.61. The second kappa shape index (κ2) is 5.59. The van der Waals surface area contributed by atoms with E-state index in [9.17, 15) is 4.79 Å². The molecule has 74 valence electrons. The summed E-state index contributed by atoms with van der Waals surface area (Å²) in [7, 11) is 1.35. The van der Waals surface area contributed by atoms with Crippen molar-refractivity contribution in [3.63, 3.8) is 0 Å². The van der Waals surface area contributed by atoms with E-state index >= 15 is 0 Å². The monoisotopic (exact) mass is 185 g/mol. The van der Waals surface area contributed by atoms with Crippen molar-refractivity contribution in [1.29, 1.82) is 0 Å². The molecule has 0 aliphatic carbocycles. The molecule has 1 saturated heterocycles. The zero-order chi connectivity index (χ0) is 9.52. The highest BCUT2D eigenvalue weighted by Gasteiger charge is 2.13. The second-order valence-corrected chi connectivity index (χ2v) is 2.90. The maximum absolute atomic E-state index is 10.6. The van der Waals surface area contributed by atoms with Crippen LogP contribution >= 0.6 is 0 Å². The summed E-state index contributed by atoms with van der Waals surface area (Å²) in [5.74, 6) is -0.347. The molecule has 0 amide bonds. The van der Waals surface area contributed by atoms with Crippen molar-refractivity contribution in [1.82, 2.24) is 5.32 Å². The van der Waals surface area contributed by atoms with E-state index in [0.717, 1.165) is 26.0 Å². The van der Waals surface area contributed by atoms with E-state index < -0.39 is 0 Å². The molecule has 13 heavy (non-hydrogen) atoms. The van der Waals surface area contributed by atoms with Crippen molar-refractivity contribution in [3.8, 4) is 0 Å². The predicted molar refractivity (Wildman–Crippen MR) is 48.1 cm³/mol. The Morgan fingerprint density at radius 2 is 2.62 bits per heavy atom. The number of esters is 1. The van der Waals surface area contributed by atoms with Gasteiger partial charge in [-0.05, 0) is 12.8 Å². The molecule has 1 rings (SSSR count). The number of rotatable bonds is 4. The Labute approximate surface area is 77.9 Å². The van der Waals surface area contributed by atoms with Crippen molar-refractivity contribution >= 4 is 5.97 Å². The Morgan fingerprint density at radius 1 is 1.77 bits per heavy atom. The van der Waals surface area contributed by atoms with E-state index in [2.05, 4.69) is 10.1 Å². The fraction of sp³-hybridized carbons (Fsp3) is 0.667. The summed E-state index contributed by atoms with van der Waals surface area (Å²) in [6, 6.07) is 0. The Kier molecular flexibility index (Phi) is 4.32. The van der Waals surface area contributed by atoms with Crippen LogP contribution in [0.4, 0.5) is 0 Å². The Bertz CT molecular complexity index is 185. The summed E-state index contributed by atoms with van der Waals surface area (Å²) in [5.41, 5.74) is 0. The second-order valence-electron chi connectivity index (χ2n) is 2.90. The van der Waals surface area contributed by atoms with Crippen LogP contribution in [0.25, 0.3) is 0 Å². The van der Waals surface area contributed by atoms with E-state index in [-0.39, 0.29) is 5.97 Å². The minimum absolute atomic E-state index is 0.294. The van der Waals surface area contributed by atoms with Gasteiger partial charge < -0.3 is 14.8 Å². The van der Waals surface area contributed by atoms with Crippen LogP contribution in [0.3, 0.4) is 0 Å². The zero-order valence-corrected chi connectivity index (χ0v) is 7.79. The van der Waals surface area contributed by atoms with Crippen molar-refractivity contribution in [2.75, 3.05) is 20.3 Å². The normalized spacial score (nSPS) is 22.1. The van der Waals surface area contributed by atoms with Gasteiger partial charge in [0.25, 0.3) is 0 Å². The maximum Gasteiger partial charge on any atom is 0.331 e. The largest absolute Gasteiger partial charge is 0.466 e. The van der Waals surface area contributed by atoms with Gasteiger partial charge in [0.1, 0.15) is 0 Å². The summed E-state index contributed by atoms with van der Waals surface area (Å²) in [4.78, 5) is 10.6. The molecule has 4 nitrogen and oxygen atoms in total. The average Bonchev–Trinajstić information content (AvgIpc) is 2.64.